The van der Waals surface area contributed by atoms with Crippen molar-refractivity contribution in [1.82, 2.24) is 4.57 Å². The van der Waals surface area contributed by atoms with Crippen molar-refractivity contribution < 1.29 is 14.7 Å². The summed E-state index contributed by atoms with van der Waals surface area (Å²) in [5.74, 6) is -1.32. The lowest BCUT2D eigenvalue weighted by molar-refractivity contribution is 0.0694. The van der Waals surface area contributed by atoms with Gasteiger partial charge in [0.05, 0.1) is 5.56 Å². The van der Waals surface area contributed by atoms with Gasteiger partial charge in [-0.15, -0.1) is 0 Å². The van der Waals surface area contributed by atoms with Gasteiger partial charge in [-0.1, -0.05) is 61.9 Å². The van der Waals surface area contributed by atoms with Crippen molar-refractivity contribution in [2.24, 2.45) is 0 Å². The molecule has 0 saturated carbocycles. The number of aromatic nitrogens is 1. The maximum Gasteiger partial charge on any atom is 0.338 e. The number of carboxylic acid groups (broad SMARTS) is 1. The van der Waals surface area contributed by atoms with E-state index in [1.165, 1.54) is 0 Å². The number of unbranched alkanes of at least 4 members (excludes halogenated alkanes) is 1. The highest BCUT2D eigenvalue weighted by molar-refractivity contribution is 6.19. The number of aromatic carboxylic acids is 1. The van der Waals surface area contributed by atoms with Crippen LogP contribution in [0, 0.1) is 0 Å². The normalized spacial score (nSPS) is 10.9. The molecule has 1 N–H and O–H groups in total. The molecule has 122 valence electrons. The third kappa shape index (κ3) is 2.71. The number of nitrogens with zero attached hydrogens (tertiary/aromatic N) is 1. The molecule has 0 aliphatic carbocycles. The first-order chi connectivity index (χ1) is 11.6. The Morgan fingerprint density at radius 3 is 2.33 bits per heavy atom. The summed E-state index contributed by atoms with van der Waals surface area (Å²) in [5.41, 5.74) is 1.65. The van der Waals surface area contributed by atoms with E-state index in [1.807, 2.05) is 22.8 Å². The van der Waals surface area contributed by atoms with Crippen LogP contribution in [0.25, 0.3) is 10.9 Å². The monoisotopic (exact) mass is 321 g/mol. The van der Waals surface area contributed by atoms with Crippen molar-refractivity contribution in [3.8, 4) is 0 Å². The van der Waals surface area contributed by atoms with Gasteiger partial charge in [0, 0.05) is 23.0 Å². The van der Waals surface area contributed by atoms with E-state index in [1.54, 1.807) is 36.4 Å². The van der Waals surface area contributed by atoms with Gasteiger partial charge < -0.3 is 9.67 Å². The third-order valence-corrected chi connectivity index (χ3v) is 4.17. The number of ketones is 1. The average Bonchev–Trinajstić information content (AvgIpc) is 2.94. The number of aryl methyl sites for hydroxylation is 1. The number of carbonyl (C=O) groups excluding carboxylic acids is 1. The van der Waals surface area contributed by atoms with Gasteiger partial charge in [0.25, 0.3) is 0 Å². The topological polar surface area (TPSA) is 59.3 Å². The van der Waals surface area contributed by atoms with Crippen LogP contribution in [0.15, 0.2) is 54.6 Å². The van der Waals surface area contributed by atoms with Gasteiger partial charge in [-0.05, 0) is 12.5 Å². The largest absolute Gasteiger partial charge is 0.478 e. The van der Waals surface area contributed by atoms with E-state index in [0.717, 1.165) is 18.4 Å². The zero-order chi connectivity index (χ0) is 17.1. The molecule has 24 heavy (non-hydrogen) atoms. The summed E-state index contributed by atoms with van der Waals surface area (Å²) in [5, 5.41) is 10.3. The van der Waals surface area contributed by atoms with Gasteiger partial charge in [-0.25, -0.2) is 4.79 Å². The second-order valence-electron chi connectivity index (χ2n) is 5.75. The van der Waals surface area contributed by atoms with Crippen molar-refractivity contribution in [2.45, 2.75) is 26.3 Å². The Morgan fingerprint density at radius 1 is 1.00 bits per heavy atom. The number of carboxylic acids is 1. The number of hydrogen-bond donors (Lipinski definition) is 1. The van der Waals surface area contributed by atoms with E-state index in [9.17, 15) is 14.7 Å². The number of hydrogen-bond acceptors (Lipinski definition) is 2. The van der Waals surface area contributed by atoms with Crippen molar-refractivity contribution in [3.63, 3.8) is 0 Å². The van der Waals surface area contributed by atoms with Crippen LogP contribution >= 0.6 is 0 Å². The van der Waals surface area contributed by atoms with Gasteiger partial charge in [-0.3, -0.25) is 4.79 Å². The highest BCUT2D eigenvalue weighted by atomic mass is 16.4. The number of benzene rings is 2. The van der Waals surface area contributed by atoms with Crippen LogP contribution in [-0.4, -0.2) is 21.4 Å². The Balaban J connectivity index is 2.29. The highest BCUT2D eigenvalue weighted by Gasteiger charge is 2.27. The van der Waals surface area contributed by atoms with E-state index in [2.05, 4.69) is 6.92 Å². The van der Waals surface area contributed by atoms with E-state index in [0.29, 0.717) is 17.5 Å². The Labute approximate surface area is 140 Å². The standard InChI is InChI=1S/C20H19NO3/c1-2-3-13-21-16-12-8-7-11-15(16)17(20(23)24)18(21)19(22)14-9-5-4-6-10-14/h4-12H,2-3,13H2,1H3,(H,23,24). The van der Waals surface area contributed by atoms with E-state index in [-0.39, 0.29) is 17.0 Å². The fourth-order valence-electron chi connectivity index (χ4n) is 3.03. The summed E-state index contributed by atoms with van der Waals surface area (Å²) in [7, 11) is 0. The molecule has 2 aromatic carbocycles. The van der Waals surface area contributed by atoms with E-state index >= 15 is 0 Å². The lowest BCUT2D eigenvalue weighted by Crippen LogP contribution is -2.14. The van der Waals surface area contributed by atoms with Crippen LogP contribution in [0.2, 0.25) is 0 Å². The zero-order valence-corrected chi connectivity index (χ0v) is 13.5. The van der Waals surface area contributed by atoms with Crippen LogP contribution < -0.4 is 0 Å². The SMILES string of the molecule is CCCCn1c(C(=O)c2ccccc2)c(C(=O)O)c2ccccc21. The molecule has 3 aromatic rings. The molecule has 0 amide bonds. The minimum absolute atomic E-state index is 0.0931. The molecule has 0 atom stereocenters. The lowest BCUT2D eigenvalue weighted by Gasteiger charge is -2.10. The Kier molecular flexibility index (Phi) is 4.47. The molecule has 1 heterocycles. The first-order valence-electron chi connectivity index (χ1n) is 8.09. The summed E-state index contributed by atoms with van der Waals surface area (Å²) in [6, 6.07) is 16.2. The van der Waals surface area contributed by atoms with Crippen molar-refractivity contribution in [3.05, 3.63) is 71.4 Å². The quantitative estimate of drug-likeness (QED) is 0.686. The zero-order valence-electron chi connectivity index (χ0n) is 13.5. The second-order valence-corrected chi connectivity index (χ2v) is 5.75. The number of fused-ring (bicyclic) bond motifs is 1. The second kappa shape index (κ2) is 6.71. The highest BCUT2D eigenvalue weighted by Crippen LogP contribution is 2.29. The van der Waals surface area contributed by atoms with Crippen molar-refractivity contribution >= 4 is 22.7 Å². The summed E-state index contributed by atoms with van der Waals surface area (Å²) in [6.07, 6.45) is 1.85. The summed E-state index contributed by atoms with van der Waals surface area (Å²) in [4.78, 5) is 24.9. The first-order valence-corrected chi connectivity index (χ1v) is 8.09. The van der Waals surface area contributed by atoms with Gasteiger partial charge in [0.15, 0.2) is 0 Å². The Hall–Kier alpha value is -2.88. The van der Waals surface area contributed by atoms with Gasteiger partial charge in [0.2, 0.25) is 5.78 Å². The van der Waals surface area contributed by atoms with Crippen molar-refractivity contribution in [2.75, 3.05) is 0 Å². The predicted octanol–water partition coefficient (Wildman–Crippen LogP) is 4.37. The van der Waals surface area contributed by atoms with Gasteiger partial charge >= 0.3 is 5.97 Å². The minimum Gasteiger partial charge on any atom is -0.478 e. The number of carbonyl (C=O) groups is 2. The maximum atomic E-state index is 13.0. The molecule has 0 aliphatic rings. The fraction of sp³-hybridized carbons (Fsp3) is 0.200. The number of rotatable bonds is 6. The van der Waals surface area contributed by atoms with Crippen LogP contribution in [0.4, 0.5) is 0 Å². The molecular formula is C20H19NO3. The molecule has 4 heteroatoms. The molecule has 0 aliphatic heterocycles. The van der Waals surface area contributed by atoms with E-state index in [4.69, 9.17) is 0 Å². The van der Waals surface area contributed by atoms with Crippen LogP contribution in [0.1, 0.15) is 46.2 Å². The molecule has 0 saturated heterocycles. The lowest BCUT2D eigenvalue weighted by atomic mass is 10.0. The minimum atomic E-state index is -1.07. The number of para-hydroxylation sites is 1. The molecule has 1 aromatic heterocycles. The third-order valence-electron chi connectivity index (χ3n) is 4.17. The molecule has 0 spiro atoms. The molecule has 4 nitrogen and oxygen atoms in total. The van der Waals surface area contributed by atoms with Crippen LogP contribution in [-0.2, 0) is 6.54 Å². The van der Waals surface area contributed by atoms with Gasteiger partial charge in [0.1, 0.15) is 5.69 Å². The molecule has 0 fully saturated rings. The maximum absolute atomic E-state index is 13.0. The average molecular weight is 321 g/mol. The smallest absolute Gasteiger partial charge is 0.338 e. The van der Waals surface area contributed by atoms with Gasteiger partial charge in [-0.2, -0.15) is 0 Å². The Bertz CT molecular complexity index is 894. The molecule has 0 radical (unpaired) electrons. The molecule has 0 unspecified atom stereocenters. The first kappa shape index (κ1) is 16.0. The molecule has 3 rings (SSSR count). The Morgan fingerprint density at radius 2 is 1.67 bits per heavy atom. The van der Waals surface area contributed by atoms with Crippen LogP contribution in [0.5, 0.6) is 0 Å². The summed E-state index contributed by atoms with van der Waals surface area (Å²) < 4.78 is 1.86. The predicted molar refractivity (Wildman–Crippen MR) is 93.7 cm³/mol. The van der Waals surface area contributed by atoms with Crippen LogP contribution in [0.3, 0.4) is 0 Å². The van der Waals surface area contributed by atoms with Crippen molar-refractivity contribution in [1.29, 1.82) is 0 Å². The van der Waals surface area contributed by atoms with E-state index < -0.39 is 5.97 Å². The molecular weight excluding hydrogens is 302 g/mol. The summed E-state index contributed by atoms with van der Waals surface area (Å²) in [6.45, 7) is 2.70. The summed E-state index contributed by atoms with van der Waals surface area (Å²) >= 11 is 0. The fourth-order valence-corrected chi connectivity index (χ4v) is 3.03. The molecule has 0 bridgehead atoms.